The summed E-state index contributed by atoms with van der Waals surface area (Å²) >= 11 is 0. The van der Waals surface area contributed by atoms with Crippen LogP contribution in [0.5, 0.6) is 5.75 Å². The molecule has 0 saturated carbocycles. The topological polar surface area (TPSA) is 63.9 Å². The molecule has 0 amide bonds. The van der Waals surface area contributed by atoms with Crippen LogP contribution in [0.4, 0.5) is 0 Å². The van der Waals surface area contributed by atoms with E-state index in [0.29, 0.717) is 18.8 Å². The fourth-order valence-corrected chi connectivity index (χ4v) is 3.99. The van der Waals surface area contributed by atoms with Gasteiger partial charge in [-0.15, -0.1) is 0 Å². The van der Waals surface area contributed by atoms with E-state index >= 15 is 0 Å². The zero-order chi connectivity index (χ0) is 22.5. The molecule has 3 N–H and O–H groups in total. The number of rotatable bonds is 8. The van der Waals surface area contributed by atoms with Crippen LogP contribution >= 0.6 is 0 Å². The van der Waals surface area contributed by atoms with Crippen molar-refractivity contribution in [1.82, 2.24) is 4.90 Å². The molecule has 0 aliphatic rings. The minimum absolute atomic E-state index is 0.0238. The van der Waals surface area contributed by atoms with Gasteiger partial charge in [-0.25, -0.2) is 0 Å². The van der Waals surface area contributed by atoms with Crippen LogP contribution in [0.15, 0.2) is 42.5 Å². The second kappa shape index (κ2) is 9.95. The summed E-state index contributed by atoms with van der Waals surface area (Å²) in [6.45, 7) is 13.8. The van der Waals surface area contributed by atoms with E-state index in [2.05, 4.69) is 70.7 Å². The third-order valence-corrected chi connectivity index (χ3v) is 5.61. The molecule has 0 heterocycles. The summed E-state index contributed by atoms with van der Waals surface area (Å²) < 4.78 is 0. The Balaban J connectivity index is 2.58. The molecule has 2 aromatic carbocycles. The predicted octanol–water partition coefficient (Wildman–Crippen LogP) is 4.56. The highest BCUT2D eigenvalue weighted by Gasteiger charge is 2.28. The van der Waals surface area contributed by atoms with Gasteiger partial charge in [0, 0.05) is 19.1 Å². The van der Waals surface area contributed by atoms with Crippen LogP contribution in [0.2, 0.25) is 0 Å². The maximum Gasteiger partial charge on any atom is 0.123 e. The van der Waals surface area contributed by atoms with Gasteiger partial charge >= 0.3 is 0 Å². The van der Waals surface area contributed by atoms with Gasteiger partial charge in [0.1, 0.15) is 5.75 Å². The summed E-state index contributed by atoms with van der Waals surface area (Å²) in [5.41, 5.74) is 3.84. The molecular weight excluding hydrogens is 374 g/mol. The highest BCUT2D eigenvalue weighted by Crippen LogP contribution is 2.40. The predicted molar refractivity (Wildman–Crippen MR) is 124 cm³/mol. The Kier molecular flexibility index (Phi) is 8.09. The molecule has 2 rings (SSSR count). The first-order chi connectivity index (χ1) is 14.0. The second-order valence-electron chi connectivity index (χ2n) is 10.2. The summed E-state index contributed by atoms with van der Waals surface area (Å²) in [4.78, 5) is 2.13. The monoisotopic (exact) mass is 413 g/mol. The number of phenolic OH excluding ortho intramolecular Hbond substituents is 1. The molecule has 0 aliphatic carbocycles. The van der Waals surface area contributed by atoms with Crippen LogP contribution in [-0.2, 0) is 17.3 Å². The SMILES string of the molecule is CC(C)(C)c1cc(CC(c2ccccc2)N(CCO)CCO)cc(C(C)(C)C)c1O. The Morgan fingerprint density at radius 2 is 1.27 bits per heavy atom. The van der Waals surface area contributed by atoms with Crippen molar-refractivity contribution in [2.24, 2.45) is 0 Å². The molecule has 0 saturated heterocycles. The molecule has 4 heteroatoms. The highest BCUT2D eigenvalue weighted by molar-refractivity contribution is 5.50. The molecule has 1 unspecified atom stereocenters. The van der Waals surface area contributed by atoms with Crippen LogP contribution < -0.4 is 0 Å². The van der Waals surface area contributed by atoms with Crippen molar-refractivity contribution in [2.75, 3.05) is 26.3 Å². The third kappa shape index (κ3) is 6.07. The molecule has 0 radical (unpaired) electrons. The minimum Gasteiger partial charge on any atom is -0.507 e. The summed E-state index contributed by atoms with van der Waals surface area (Å²) in [5, 5.41) is 30.3. The first kappa shape index (κ1) is 24.4. The molecule has 2 aromatic rings. The zero-order valence-electron chi connectivity index (χ0n) is 19.4. The largest absolute Gasteiger partial charge is 0.507 e. The fourth-order valence-electron chi connectivity index (χ4n) is 3.99. The maximum absolute atomic E-state index is 11.0. The van der Waals surface area contributed by atoms with Crippen molar-refractivity contribution in [3.8, 4) is 5.75 Å². The van der Waals surface area contributed by atoms with E-state index in [-0.39, 0.29) is 30.1 Å². The number of aromatic hydroxyl groups is 1. The molecule has 4 nitrogen and oxygen atoms in total. The average molecular weight is 414 g/mol. The van der Waals surface area contributed by atoms with Gasteiger partial charge in [0.25, 0.3) is 0 Å². The lowest BCUT2D eigenvalue weighted by Crippen LogP contribution is -2.35. The van der Waals surface area contributed by atoms with E-state index in [9.17, 15) is 15.3 Å². The number of aliphatic hydroxyl groups excluding tert-OH is 2. The standard InChI is InChI=1S/C26H39NO3/c1-25(2,3)21-16-19(17-22(24(21)30)26(4,5)6)18-23(20-10-8-7-9-11-20)27(12-14-28)13-15-29/h7-11,16-17,23,28-30H,12-15,18H2,1-6H3. The molecule has 30 heavy (non-hydrogen) atoms. The number of hydrogen-bond acceptors (Lipinski definition) is 4. The Morgan fingerprint density at radius 3 is 1.67 bits per heavy atom. The number of aliphatic hydroxyl groups is 2. The van der Waals surface area contributed by atoms with Crippen LogP contribution in [0.3, 0.4) is 0 Å². The van der Waals surface area contributed by atoms with Gasteiger partial charge in [-0.3, -0.25) is 4.90 Å². The quantitative estimate of drug-likeness (QED) is 0.594. The minimum atomic E-state index is -0.182. The van der Waals surface area contributed by atoms with Crippen molar-refractivity contribution >= 4 is 0 Å². The van der Waals surface area contributed by atoms with E-state index in [4.69, 9.17) is 0 Å². The first-order valence-electron chi connectivity index (χ1n) is 10.9. The first-order valence-corrected chi connectivity index (χ1v) is 10.9. The van der Waals surface area contributed by atoms with Gasteiger partial charge < -0.3 is 15.3 Å². The normalized spacial score (nSPS) is 13.6. The van der Waals surface area contributed by atoms with Crippen molar-refractivity contribution in [3.63, 3.8) is 0 Å². The van der Waals surface area contributed by atoms with Crippen molar-refractivity contribution in [2.45, 2.75) is 64.8 Å². The van der Waals surface area contributed by atoms with Gasteiger partial charge in [-0.05, 0) is 39.5 Å². The lowest BCUT2D eigenvalue weighted by Gasteiger charge is -2.33. The molecule has 0 fully saturated rings. The van der Waals surface area contributed by atoms with Gasteiger partial charge in [0.05, 0.1) is 13.2 Å². The van der Waals surface area contributed by atoms with Crippen LogP contribution in [0, 0.1) is 0 Å². The Hall–Kier alpha value is -1.88. The van der Waals surface area contributed by atoms with Gasteiger partial charge in [0.2, 0.25) is 0 Å². The lowest BCUT2D eigenvalue weighted by molar-refractivity contribution is 0.121. The summed E-state index contributed by atoms with van der Waals surface area (Å²) in [6, 6.07) is 14.5. The molecule has 166 valence electrons. The van der Waals surface area contributed by atoms with E-state index < -0.39 is 0 Å². The van der Waals surface area contributed by atoms with E-state index in [1.807, 2.05) is 18.2 Å². The summed E-state index contributed by atoms with van der Waals surface area (Å²) in [6.07, 6.45) is 0.733. The number of benzene rings is 2. The molecular formula is C26H39NO3. The van der Waals surface area contributed by atoms with Gasteiger partial charge in [-0.1, -0.05) is 84.0 Å². The van der Waals surface area contributed by atoms with Crippen molar-refractivity contribution in [1.29, 1.82) is 0 Å². The molecule has 0 spiro atoms. The van der Waals surface area contributed by atoms with E-state index in [1.54, 1.807) is 0 Å². The smallest absolute Gasteiger partial charge is 0.123 e. The Labute approximate surface area is 182 Å². The molecule has 1 atom stereocenters. The van der Waals surface area contributed by atoms with E-state index in [0.717, 1.165) is 28.7 Å². The molecule has 0 bridgehead atoms. The van der Waals surface area contributed by atoms with Crippen molar-refractivity contribution < 1.29 is 15.3 Å². The van der Waals surface area contributed by atoms with Gasteiger partial charge in [-0.2, -0.15) is 0 Å². The summed E-state index contributed by atoms with van der Waals surface area (Å²) in [5.74, 6) is 0.387. The van der Waals surface area contributed by atoms with Crippen molar-refractivity contribution in [3.05, 3.63) is 64.7 Å². The van der Waals surface area contributed by atoms with Crippen LogP contribution in [0.1, 0.15) is 69.8 Å². The Morgan fingerprint density at radius 1 is 0.800 bits per heavy atom. The average Bonchev–Trinajstić information content (AvgIpc) is 2.66. The highest BCUT2D eigenvalue weighted by atomic mass is 16.3. The lowest BCUT2D eigenvalue weighted by atomic mass is 9.77. The maximum atomic E-state index is 11.0. The number of hydrogen-bond donors (Lipinski definition) is 3. The third-order valence-electron chi connectivity index (χ3n) is 5.61. The Bertz CT molecular complexity index is 762. The number of phenols is 1. The second-order valence-corrected chi connectivity index (χ2v) is 10.2. The van der Waals surface area contributed by atoms with Crippen LogP contribution in [-0.4, -0.2) is 46.5 Å². The van der Waals surface area contributed by atoms with Gasteiger partial charge in [0.15, 0.2) is 0 Å². The molecule has 0 aliphatic heterocycles. The fraction of sp³-hybridized carbons (Fsp3) is 0.538. The van der Waals surface area contributed by atoms with E-state index in [1.165, 1.54) is 0 Å². The van der Waals surface area contributed by atoms with Crippen LogP contribution in [0.25, 0.3) is 0 Å². The molecule has 0 aromatic heterocycles. The summed E-state index contributed by atoms with van der Waals surface area (Å²) in [7, 11) is 0. The number of nitrogens with zero attached hydrogens (tertiary/aromatic N) is 1. The zero-order valence-corrected chi connectivity index (χ0v) is 19.4.